The summed E-state index contributed by atoms with van der Waals surface area (Å²) in [7, 11) is 0. The number of pyridine rings is 2. The monoisotopic (exact) mass is 588 g/mol. The highest BCUT2D eigenvalue weighted by atomic mass is 19.4. The van der Waals surface area contributed by atoms with Crippen molar-refractivity contribution in [1.82, 2.24) is 9.88 Å². The van der Waals surface area contributed by atoms with E-state index in [1.165, 1.54) is 30.2 Å². The summed E-state index contributed by atoms with van der Waals surface area (Å²) in [6.45, 7) is 0.725. The third-order valence-electron chi connectivity index (χ3n) is 6.61. The van der Waals surface area contributed by atoms with E-state index in [2.05, 4.69) is 10.3 Å². The SMILES string of the molecule is CC(C(=O)Nc1ccc(Oc2ccc(F)cc2F)cn1)N1CCC(F)(F)C(c2cc(C(O)C(F)(F)F)c[n+]([O-])c2)C1. The Kier molecular flexibility index (Phi) is 8.40. The van der Waals surface area contributed by atoms with Crippen molar-refractivity contribution in [1.29, 1.82) is 0 Å². The number of amides is 1. The first-order chi connectivity index (χ1) is 19.1. The number of piperidine rings is 1. The number of likely N-dealkylation sites (tertiary alicyclic amines) is 1. The molecule has 0 spiro atoms. The van der Waals surface area contributed by atoms with Crippen LogP contribution in [0.15, 0.2) is 55.0 Å². The van der Waals surface area contributed by atoms with Crippen molar-refractivity contribution < 1.29 is 50.1 Å². The largest absolute Gasteiger partial charge is 0.619 e. The molecule has 8 nitrogen and oxygen atoms in total. The van der Waals surface area contributed by atoms with Gasteiger partial charge in [-0.3, -0.25) is 9.69 Å². The zero-order valence-corrected chi connectivity index (χ0v) is 21.2. The van der Waals surface area contributed by atoms with Crippen molar-refractivity contribution in [2.75, 3.05) is 18.4 Å². The Morgan fingerprint density at radius 1 is 1.22 bits per heavy atom. The van der Waals surface area contributed by atoms with E-state index in [4.69, 9.17) is 4.74 Å². The van der Waals surface area contributed by atoms with E-state index in [9.17, 15) is 45.8 Å². The molecule has 2 N–H and O–H groups in total. The fourth-order valence-electron chi connectivity index (χ4n) is 4.35. The zero-order valence-electron chi connectivity index (χ0n) is 21.2. The summed E-state index contributed by atoms with van der Waals surface area (Å²) < 4.78 is 101. The van der Waals surface area contributed by atoms with Crippen LogP contribution in [0.2, 0.25) is 0 Å². The maximum Gasteiger partial charge on any atom is 0.418 e. The number of aliphatic hydroxyl groups excluding tert-OH is 1. The van der Waals surface area contributed by atoms with Gasteiger partial charge in [-0.05, 0) is 37.3 Å². The van der Waals surface area contributed by atoms with Crippen LogP contribution in [0.3, 0.4) is 0 Å². The van der Waals surface area contributed by atoms with Gasteiger partial charge in [-0.2, -0.15) is 17.9 Å². The Morgan fingerprint density at radius 3 is 2.59 bits per heavy atom. The van der Waals surface area contributed by atoms with Gasteiger partial charge in [0.1, 0.15) is 17.4 Å². The first-order valence-corrected chi connectivity index (χ1v) is 12.1. The van der Waals surface area contributed by atoms with Crippen molar-refractivity contribution in [2.45, 2.75) is 43.5 Å². The number of aliphatic hydroxyl groups is 1. The molecule has 4 rings (SSSR count). The minimum absolute atomic E-state index is 0.0499. The summed E-state index contributed by atoms with van der Waals surface area (Å²) in [5.41, 5.74) is -1.30. The average Bonchev–Trinajstić information content (AvgIpc) is 2.89. The maximum absolute atomic E-state index is 14.9. The van der Waals surface area contributed by atoms with Crippen LogP contribution in [0.4, 0.5) is 36.6 Å². The lowest BCUT2D eigenvalue weighted by molar-refractivity contribution is -0.606. The van der Waals surface area contributed by atoms with Crippen LogP contribution in [0.25, 0.3) is 0 Å². The molecule has 0 radical (unpaired) electrons. The van der Waals surface area contributed by atoms with Gasteiger partial charge in [-0.15, -0.1) is 0 Å². The van der Waals surface area contributed by atoms with Crippen LogP contribution < -0.4 is 14.8 Å². The molecule has 3 unspecified atom stereocenters. The number of ether oxygens (including phenoxy) is 1. The topological polar surface area (TPSA) is 102 Å². The molecule has 0 bridgehead atoms. The number of benzene rings is 1. The first-order valence-electron chi connectivity index (χ1n) is 12.1. The van der Waals surface area contributed by atoms with Crippen molar-refractivity contribution in [2.24, 2.45) is 0 Å². The number of anilines is 1. The van der Waals surface area contributed by atoms with E-state index < -0.39 is 71.8 Å². The highest BCUT2D eigenvalue weighted by Gasteiger charge is 2.48. The number of nitrogens with zero attached hydrogens (tertiary/aromatic N) is 3. The van der Waals surface area contributed by atoms with Gasteiger partial charge >= 0.3 is 6.18 Å². The molecular formula is C26H23F7N4O4. The first kappa shape index (κ1) is 30.0. The van der Waals surface area contributed by atoms with Crippen LogP contribution in [-0.4, -0.2) is 52.1 Å². The number of hydrogen-bond donors (Lipinski definition) is 2. The fourth-order valence-corrected chi connectivity index (χ4v) is 4.35. The quantitative estimate of drug-likeness (QED) is 0.233. The second kappa shape index (κ2) is 11.5. The van der Waals surface area contributed by atoms with Crippen LogP contribution >= 0.6 is 0 Å². The fraction of sp³-hybridized carbons (Fsp3) is 0.346. The Labute approximate surface area is 228 Å². The highest BCUT2D eigenvalue weighted by molar-refractivity contribution is 5.93. The molecule has 1 aliphatic rings. The standard InChI is InChI=1S/C26H23F7N4O4/c1-14(24(39)35-22-5-3-18(10-34-22)41-21-4-2-17(27)9-20(21)28)36-7-6-25(29,30)19(13-36)15-8-16(12-37(40)11-15)23(38)26(31,32)33/h2-5,8-12,14,19,23,38H,6-7,13H2,1H3,(H,34,35,39). The number of carbonyl (C=O) groups is 1. The smallest absolute Gasteiger partial charge is 0.418 e. The third kappa shape index (κ3) is 7.03. The predicted octanol–water partition coefficient (Wildman–Crippen LogP) is 4.83. The Morgan fingerprint density at radius 2 is 1.95 bits per heavy atom. The third-order valence-corrected chi connectivity index (χ3v) is 6.61. The van der Waals surface area contributed by atoms with E-state index in [1.807, 2.05) is 0 Å². The molecule has 3 atom stereocenters. The number of halogens is 7. The Bertz CT molecular complexity index is 1410. The summed E-state index contributed by atoms with van der Waals surface area (Å²) in [4.78, 5) is 18.2. The lowest BCUT2D eigenvalue weighted by Gasteiger charge is -2.40. The summed E-state index contributed by atoms with van der Waals surface area (Å²) in [5, 5.41) is 24.0. The number of aromatic nitrogens is 2. The lowest BCUT2D eigenvalue weighted by atomic mass is 9.86. The Balaban J connectivity index is 1.45. The molecule has 1 fully saturated rings. The van der Waals surface area contributed by atoms with Crippen molar-refractivity contribution in [3.8, 4) is 11.5 Å². The summed E-state index contributed by atoms with van der Waals surface area (Å²) in [6.07, 6.45) is -6.57. The average molecular weight is 588 g/mol. The number of carbonyl (C=O) groups excluding carboxylic acids is 1. The number of rotatable bonds is 7. The number of hydrogen-bond acceptors (Lipinski definition) is 6. The van der Waals surface area contributed by atoms with Gasteiger partial charge in [0, 0.05) is 31.1 Å². The molecule has 15 heteroatoms. The molecule has 220 valence electrons. The van der Waals surface area contributed by atoms with Gasteiger partial charge < -0.3 is 20.4 Å². The van der Waals surface area contributed by atoms with Crippen molar-refractivity contribution in [3.05, 3.63) is 83.0 Å². The molecule has 1 saturated heterocycles. The Hall–Kier alpha value is -3.98. The van der Waals surface area contributed by atoms with E-state index in [1.54, 1.807) is 0 Å². The van der Waals surface area contributed by atoms with Crippen molar-refractivity contribution in [3.63, 3.8) is 0 Å². The maximum atomic E-state index is 14.9. The van der Waals surface area contributed by atoms with Crippen LogP contribution in [0.1, 0.15) is 36.5 Å². The van der Waals surface area contributed by atoms with E-state index >= 15 is 0 Å². The molecule has 2 aromatic heterocycles. The molecule has 3 aromatic rings. The molecule has 0 aliphatic carbocycles. The lowest BCUT2D eigenvalue weighted by Crippen LogP contribution is -2.52. The molecule has 1 aromatic carbocycles. The second-order valence-corrected chi connectivity index (χ2v) is 9.49. The van der Waals surface area contributed by atoms with Gasteiger partial charge in [0.25, 0.3) is 5.92 Å². The molecule has 1 amide bonds. The van der Waals surface area contributed by atoms with Gasteiger partial charge in [-0.1, -0.05) is 0 Å². The second-order valence-electron chi connectivity index (χ2n) is 9.49. The van der Waals surface area contributed by atoms with Gasteiger partial charge in [-0.25, -0.2) is 22.5 Å². The van der Waals surface area contributed by atoms with Crippen LogP contribution in [-0.2, 0) is 4.79 Å². The minimum Gasteiger partial charge on any atom is -0.619 e. The minimum atomic E-state index is -5.12. The predicted molar refractivity (Wildman–Crippen MR) is 129 cm³/mol. The number of alkyl halides is 5. The van der Waals surface area contributed by atoms with E-state index in [0.29, 0.717) is 24.5 Å². The molecule has 3 heterocycles. The normalized spacial score (nSPS) is 18.9. The van der Waals surface area contributed by atoms with Crippen LogP contribution in [0.5, 0.6) is 11.5 Å². The molecule has 0 saturated carbocycles. The molecular weight excluding hydrogens is 565 g/mol. The summed E-state index contributed by atoms with van der Waals surface area (Å²) >= 11 is 0. The summed E-state index contributed by atoms with van der Waals surface area (Å²) in [6, 6.07) is 5.13. The van der Waals surface area contributed by atoms with Crippen molar-refractivity contribution >= 4 is 11.7 Å². The van der Waals surface area contributed by atoms with Gasteiger partial charge in [0.2, 0.25) is 5.91 Å². The van der Waals surface area contributed by atoms with Gasteiger partial charge in [0.05, 0.1) is 23.7 Å². The van der Waals surface area contributed by atoms with E-state index in [0.717, 1.165) is 12.1 Å². The summed E-state index contributed by atoms with van der Waals surface area (Å²) in [5.74, 6) is -7.64. The molecule has 41 heavy (non-hydrogen) atoms. The highest BCUT2D eigenvalue weighted by Crippen LogP contribution is 2.42. The van der Waals surface area contributed by atoms with E-state index in [-0.39, 0.29) is 28.6 Å². The van der Waals surface area contributed by atoms with Crippen LogP contribution in [0, 0.1) is 16.8 Å². The number of nitrogens with one attached hydrogen (secondary N) is 1. The molecule has 1 aliphatic heterocycles. The van der Waals surface area contributed by atoms with Gasteiger partial charge in [0.15, 0.2) is 30.1 Å². The zero-order chi connectivity index (χ0) is 30.1.